The summed E-state index contributed by atoms with van der Waals surface area (Å²) in [7, 11) is -0.515. The van der Waals surface area contributed by atoms with Crippen molar-refractivity contribution in [3.8, 4) is 0 Å². The Labute approximate surface area is 109 Å². The Balaban J connectivity index is 2.09. The molecule has 0 spiro atoms. The molecule has 2 N–H and O–H groups in total. The monoisotopic (exact) mass is 300 g/mol. The molecule has 6 heteroatoms. The van der Waals surface area contributed by atoms with Gasteiger partial charge in [0.2, 0.25) is 0 Å². The van der Waals surface area contributed by atoms with Crippen molar-refractivity contribution in [2.45, 2.75) is 10.9 Å². The number of hydrogen-bond acceptors (Lipinski definition) is 4. The van der Waals surface area contributed by atoms with Crippen LogP contribution in [0.3, 0.4) is 0 Å². The summed E-state index contributed by atoms with van der Waals surface area (Å²) in [6.45, 7) is -0.302. The van der Waals surface area contributed by atoms with Crippen molar-refractivity contribution < 1.29 is 19.5 Å². The van der Waals surface area contributed by atoms with Crippen molar-refractivity contribution in [2.24, 2.45) is 0 Å². The molecule has 0 atom stereocenters. The maximum atomic E-state index is 9.19. The fourth-order valence-electron chi connectivity index (χ4n) is 1.67. The molecule has 92 valence electrons. The van der Waals surface area contributed by atoms with E-state index in [0.717, 1.165) is 10.8 Å². The Morgan fingerprint density at radius 3 is 2.35 bits per heavy atom. The van der Waals surface area contributed by atoms with Gasteiger partial charge in [0.05, 0.1) is 19.8 Å². The van der Waals surface area contributed by atoms with Crippen molar-refractivity contribution in [1.29, 1.82) is 0 Å². The van der Waals surface area contributed by atoms with Crippen LogP contribution >= 0.6 is 15.9 Å². The highest BCUT2D eigenvalue weighted by Gasteiger charge is 2.44. The van der Waals surface area contributed by atoms with E-state index in [4.69, 9.17) is 9.31 Å². The van der Waals surface area contributed by atoms with E-state index in [0.29, 0.717) is 0 Å². The molecule has 0 aromatic heterocycles. The molecule has 0 saturated carbocycles. The number of aliphatic hydroxyl groups is 2. The highest BCUT2D eigenvalue weighted by Crippen LogP contribution is 2.20. The highest BCUT2D eigenvalue weighted by molar-refractivity contribution is 9.08. The molecule has 17 heavy (non-hydrogen) atoms. The van der Waals surface area contributed by atoms with Crippen LogP contribution in [0.4, 0.5) is 0 Å². The van der Waals surface area contributed by atoms with Gasteiger partial charge in [0.25, 0.3) is 0 Å². The van der Waals surface area contributed by atoms with Crippen LogP contribution in [0.1, 0.15) is 5.56 Å². The zero-order valence-electron chi connectivity index (χ0n) is 9.30. The minimum absolute atomic E-state index is 0.199. The van der Waals surface area contributed by atoms with Gasteiger partial charge in [-0.25, -0.2) is 0 Å². The molecule has 1 aromatic carbocycles. The van der Waals surface area contributed by atoms with Crippen LogP contribution in [0.15, 0.2) is 24.3 Å². The van der Waals surface area contributed by atoms with Crippen LogP contribution in [-0.4, -0.2) is 42.8 Å². The van der Waals surface area contributed by atoms with Crippen LogP contribution in [0.25, 0.3) is 0 Å². The molecule has 0 amide bonds. The molecule has 0 aliphatic carbocycles. The van der Waals surface area contributed by atoms with Crippen molar-refractivity contribution in [3.05, 3.63) is 29.8 Å². The molecule has 1 fully saturated rings. The first-order chi connectivity index (χ1) is 8.23. The Bertz CT molecular complexity index is 366. The third-order valence-corrected chi connectivity index (χ3v) is 3.48. The number of rotatable bonds is 4. The Morgan fingerprint density at radius 2 is 1.88 bits per heavy atom. The Morgan fingerprint density at radius 1 is 1.24 bits per heavy atom. The van der Waals surface area contributed by atoms with Crippen LogP contribution in [0.5, 0.6) is 0 Å². The van der Waals surface area contributed by atoms with Gasteiger partial charge in [-0.05, 0) is 11.0 Å². The molecular weight excluding hydrogens is 287 g/mol. The molecule has 1 aliphatic rings. The minimum Gasteiger partial charge on any atom is -0.404 e. The van der Waals surface area contributed by atoms with Crippen molar-refractivity contribution in [2.75, 3.05) is 19.8 Å². The predicted molar refractivity (Wildman–Crippen MR) is 68.4 cm³/mol. The summed E-state index contributed by atoms with van der Waals surface area (Å²) >= 11 is 3.38. The normalized spacial score (nSPS) is 18.6. The molecule has 1 saturated heterocycles. The molecule has 0 radical (unpaired) electrons. The zero-order chi connectivity index (χ0) is 12.3. The summed E-state index contributed by atoms with van der Waals surface area (Å²) in [4.78, 5) is 0. The van der Waals surface area contributed by atoms with E-state index in [-0.39, 0.29) is 19.8 Å². The van der Waals surface area contributed by atoms with Gasteiger partial charge in [0, 0.05) is 5.33 Å². The number of aliphatic hydroxyl groups excluding tert-OH is 2. The Kier molecular flexibility index (Phi) is 4.22. The topological polar surface area (TPSA) is 58.9 Å². The molecule has 2 rings (SSSR count). The number of benzene rings is 1. The SMILES string of the molecule is OCC1(CO)COB(c2ccc(CBr)cc2)O1. The number of halogens is 1. The van der Waals surface area contributed by atoms with Crippen LogP contribution in [0.2, 0.25) is 0 Å². The fraction of sp³-hybridized carbons (Fsp3) is 0.455. The fourth-order valence-corrected chi connectivity index (χ4v) is 2.04. The van der Waals surface area contributed by atoms with Gasteiger partial charge >= 0.3 is 7.12 Å². The third kappa shape index (κ3) is 2.72. The largest absolute Gasteiger partial charge is 0.494 e. The molecule has 0 unspecified atom stereocenters. The summed E-state index contributed by atoms with van der Waals surface area (Å²) < 4.78 is 11.0. The van der Waals surface area contributed by atoms with E-state index < -0.39 is 12.7 Å². The summed E-state index contributed by atoms with van der Waals surface area (Å²) in [6, 6.07) is 7.81. The third-order valence-electron chi connectivity index (χ3n) is 2.84. The maximum absolute atomic E-state index is 9.19. The van der Waals surface area contributed by atoms with E-state index in [2.05, 4.69) is 15.9 Å². The van der Waals surface area contributed by atoms with Gasteiger partial charge in [-0.3, -0.25) is 0 Å². The van der Waals surface area contributed by atoms with Crippen LogP contribution in [0, 0.1) is 0 Å². The molecule has 0 bridgehead atoms. The summed E-state index contributed by atoms with van der Waals surface area (Å²) in [5, 5.41) is 19.2. The minimum atomic E-state index is -0.973. The first-order valence-electron chi connectivity index (χ1n) is 5.39. The lowest BCUT2D eigenvalue weighted by Crippen LogP contribution is -2.43. The van der Waals surface area contributed by atoms with Gasteiger partial charge in [-0.2, -0.15) is 0 Å². The quantitative estimate of drug-likeness (QED) is 0.609. The molecule has 1 aromatic rings. The van der Waals surface area contributed by atoms with Crippen molar-refractivity contribution >= 4 is 28.5 Å². The molecular formula is C11H14BBrO4. The van der Waals surface area contributed by atoms with E-state index in [1.807, 2.05) is 24.3 Å². The Hall–Kier alpha value is -0.395. The van der Waals surface area contributed by atoms with E-state index in [9.17, 15) is 10.2 Å². The van der Waals surface area contributed by atoms with Gasteiger partial charge in [0.15, 0.2) is 0 Å². The van der Waals surface area contributed by atoms with Gasteiger partial charge in [-0.15, -0.1) is 0 Å². The zero-order valence-corrected chi connectivity index (χ0v) is 10.9. The van der Waals surface area contributed by atoms with Gasteiger partial charge in [0.1, 0.15) is 5.60 Å². The predicted octanol–water partition coefficient (Wildman–Crippen LogP) is 0.0469. The average Bonchev–Trinajstić information content (AvgIpc) is 2.84. The highest BCUT2D eigenvalue weighted by atomic mass is 79.9. The first kappa shape index (κ1) is 13.0. The average molecular weight is 301 g/mol. The second-order valence-electron chi connectivity index (χ2n) is 4.14. The van der Waals surface area contributed by atoms with E-state index in [1.165, 1.54) is 5.56 Å². The van der Waals surface area contributed by atoms with Gasteiger partial charge in [-0.1, -0.05) is 40.2 Å². The van der Waals surface area contributed by atoms with E-state index in [1.54, 1.807) is 0 Å². The molecule has 1 aliphatic heterocycles. The van der Waals surface area contributed by atoms with Gasteiger partial charge < -0.3 is 19.5 Å². The van der Waals surface area contributed by atoms with Crippen molar-refractivity contribution in [1.82, 2.24) is 0 Å². The maximum Gasteiger partial charge on any atom is 0.494 e. The molecule has 1 heterocycles. The molecule has 4 nitrogen and oxygen atoms in total. The second kappa shape index (κ2) is 5.50. The standard InChI is InChI=1S/C11H14BBrO4/c13-5-9-1-3-10(4-2-9)12-16-8-11(6-14,7-15)17-12/h1-4,14-15H,5-8H2. The van der Waals surface area contributed by atoms with E-state index >= 15 is 0 Å². The van der Waals surface area contributed by atoms with Crippen molar-refractivity contribution in [3.63, 3.8) is 0 Å². The lowest BCUT2D eigenvalue weighted by Gasteiger charge is -2.22. The summed E-state index contributed by atoms with van der Waals surface area (Å²) in [5.74, 6) is 0. The summed E-state index contributed by atoms with van der Waals surface area (Å²) in [6.07, 6.45) is 0. The van der Waals surface area contributed by atoms with Crippen LogP contribution < -0.4 is 5.46 Å². The number of alkyl halides is 1. The smallest absolute Gasteiger partial charge is 0.404 e. The van der Waals surface area contributed by atoms with Crippen LogP contribution in [-0.2, 0) is 14.6 Å². The lowest BCUT2D eigenvalue weighted by molar-refractivity contribution is -0.0199. The second-order valence-corrected chi connectivity index (χ2v) is 4.70. The number of hydrogen-bond donors (Lipinski definition) is 2. The lowest BCUT2D eigenvalue weighted by atomic mass is 9.79. The summed E-state index contributed by atoms with van der Waals surface area (Å²) in [5.41, 5.74) is 1.08. The first-order valence-corrected chi connectivity index (χ1v) is 6.51.